The van der Waals surface area contributed by atoms with E-state index in [4.69, 9.17) is 35.4 Å². The van der Waals surface area contributed by atoms with Crippen molar-refractivity contribution in [2.24, 2.45) is 0 Å². The Morgan fingerprint density at radius 2 is 1.65 bits per heavy atom. The summed E-state index contributed by atoms with van der Waals surface area (Å²) in [4.78, 5) is 0. The number of halogens is 5. The second-order valence-electron chi connectivity index (χ2n) is 4.44. The van der Waals surface area contributed by atoms with Gasteiger partial charge in [-0.15, -0.1) is 0 Å². The zero-order valence-corrected chi connectivity index (χ0v) is 13.5. The molecule has 3 N–H and O–H groups in total. The summed E-state index contributed by atoms with van der Waals surface area (Å²) in [6.45, 7) is 0. The highest BCUT2D eigenvalue weighted by molar-refractivity contribution is 7.80. The molecule has 122 valence electrons. The molecule has 0 aliphatic rings. The molecule has 0 atom stereocenters. The van der Waals surface area contributed by atoms with Gasteiger partial charge in [-0.25, -0.2) is 0 Å². The normalized spacial score (nSPS) is 11.2. The summed E-state index contributed by atoms with van der Waals surface area (Å²) in [6, 6.07) is 7.10. The molecule has 0 aliphatic carbocycles. The standard InChI is InChI=1S/C14H9Cl2F3N2OS/c15-8-5-10(16)12(22)11(6-8)21-13(23)20-9-3-1-7(2-4-9)14(17,18)19/h1-6,22H,(H2,20,21,23). The van der Waals surface area contributed by atoms with Crippen LogP contribution in [0.5, 0.6) is 5.75 Å². The molecule has 0 bridgehead atoms. The fourth-order valence-corrected chi connectivity index (χ4v) is 2.41. The summed E-state index contributed by atoms with van der Waals surface area (Å²) < 4.78 is 37.4. The number of aromatic hydroxyl groups is 1. The number of alkyl halides is 3. The second kappa shape index (κ2) is 6.82. The lowest BCUT2D eigenvalue weighted by atomic mass is 10.2. The van der Waals surface area contributed by atoms with E-state index in [1.54, 1.807) is 0 Å². The van der Waals surface area contributed by atoms with Gasteiger partial charge in [0, 0.05) is 10.7 Å². The van der Waals surface area contributed by atoms with Gasteiger partial charge in [0.1, 0.15) is 0 Å². The molecule has 0 spiro atoms. The van der Waals surface area contributed by atoms with Crippen LogP contribution in [-0.2, 0) is 6.18 Å². The lowest BCUT2D eigenvalue weighted by Gasteiger charge is -2.13. The number of phenols is 1. The van der Waals surface area contributed by atoms with Crippen molar-refractivity contribution in [3.05, 3.63) is 52.0 Å². The van der Waals surface area contributed by atoms with Crippen LogP contribution in [0.2, 0.25) is 10.0 Å². The minimum absolute atomic E-state index is 0.0392. The second-order valence-corrected chi connectivity index (χ2v) is 5.69. The van der Waals surface area contributed by atoms with Crippen molar-refractivity contribution in [1.82, 2.24) is 0 Å². The lowest BCUT2D eigenvalue weighted by molar-refractivity contribution is -0.137. The maximum Gasteiger partial charge on any atom is 0.416 e. The SMILES string of the molecule is Oc1c(Cl)cc(Cl)cc1NC(=S)Nc1ccc(C(F)(F)F)cc1. The van der Waals surface area contributed by atoms with Crippen molar-refractivity contribution < 1.29 is 18.3 Å². The summed E-state index contributed by atoms with van der Waals surface area (Å²) in [5, 5.41) is 15.5. The van der Waals surface area contributed by atoms with E-state index in [0.29, 0.717) is 5.69 Å². The zero-order chi connectivity index (χ0) is 17.2. The monoisotopic (exact) mass is 380 g/mol. The Labute approximate surface area is 145 Å². The average molecular weight is 381 g/mol. The van der Waals surface area contributed by atoms with Crippen LogP contribution in [0.1, 0.15) is 5.56 Å². The number of benzene rings is 2. The third kappa shape index (κ3) is 4.63. The highest BCUT2D eigenvalue weighted by Gasteiger charge is 2.29. The van der Waals surface area contributed by atoms with Gasteiger partial charge in [-0.2, -0.15) is 13.2 Å². The molecule has 2 aromatic rings. The van der Waals surface area contributed by atoms with Crippen molar-refractivity contribution in [3.63, 3.8) is 0 Å². The van der Waals surface area contributed by atoms with Crippen molar-refractivity contribution in [3.8, 4) is 5.75 Å². The Morgan fingerprint density at radius 3 is 2.22 bits per heavy atom. The van der Waals surface area contributed by atoms with Crippen LogP contribution in [0.15, 0.2) is 36.4 Å². The van der Waals surface area contributed by atoms with Gasteiger partial charge >= 0.3 is 6.18 Å². The van der Waals surface area contributed by atoms with Crippen molar-refractivity contribution in [1.29, 1.82) is 0 Å². The maximum absolute atomic E-state index is 12.5. The number of nitrogens with one attached hydrogen (secondary N) is 2. The highest BCUT2D eigenvalue weighted by atomic mass is 35.5. The first kappa shape index (κ1) is 17.7. The molecule has 9 heteroatoms. The third-order valence-corrected chi connectivity index (χ3v) is 3.46. The number of hydrogen-bond acceptors (Lipinski definition) is 2. The first-order valence-electron chi connectivity index (χ1n) is 6.10. The first-order chi connectivity index (χ1) is 10.7. The molecule has 0 saturated carbocycles. The summed E-state index contributed by atoms with van der Waals surface area (Å²) in [5.41, 5.74) is -0.240. The van der Waals surface area contributed by atoms with Crippen LogP contribution in [0.4, 0.5) is 24.5 Å². The maximum atomic E-state index is 12.5. The quantitative estimate of drug-likeness (QED) is 0.473. The van der Waals surface area contributed by atoms with E-state index in [0.717, 1.165) is 12.1 Å². The molecule has 23 heavy (non-hydrogen) atoms. The molecule has 2 aromatic carbocycles. The molecule has 0 saturated heterocycles. The van der Waals surface area contributed by atoms with E-state index in [2.05, 4.69) is 10.6 Å². The largest absolute Gasteiger partial charge is 0.504 e. The summed E-state index contributed by atoms with van der Waals surface area (Å²) >= 11 is 16.6. The molecule has 0 unspecified atom stereocenters. The Hall–Kier alpha value is -1.70. The minimum Gasteiger partial charge on any atom is -0.504 e. The van der Waals surface area contributed by atoms with E-state index in [1.807, 2.05) is 0 Å². The zero-order valence-electron chi connectivity index (χ0n) is 11.2. The van der Waals surface area contributed by atoms with Gasteiger partial charge in [-0.1, -0.05) is 23.2 Å². The summed E-state index contributed by atoms with van der Waals surface area (Å²) in [7, 11) is 0. The molecule has 3 nitrogen and oxygen atoms in total. The predicted molar refractivity (Wildman–Crippen MR) is 89.4 cm³/mol. The molecular weight excluding hydrogens is 372 g/mol. The lowest BCUT2D eigenvalue weighted by Crippen LogP contribution is -2.19. The molecule has 0 aromatic heterocycles. The van der Waals surface area contributed by atoms with E-state index < -0.39 is 11.7 Å². The van der Waals surface area contributed by atoms with Gasteiger partial charge < -0.3 is 15.7 Å². The minimum atomic E-state index is -4.40. The molecular formula is C14H9Cl2F3N2OS. The van der Waals surface area contributed by atoms with Gasteiger partial charge in [0.2, 0.25) is 0 Å². The van der Waals surface area contributed by atoms with Crippen molar-refractivity contribution in [2.75, 3.05) is 10.6 Å². The van der Waals surface area contributed by atoms with E-state index >= 15 is 0 Å². The van der Waals surface area contributed by atoms with Gasteiger partial charge in [0.05, 0.1) is 16.3 Å². The molecule has 0 fully saturated rings. The number of phenolic OH excluding ortho intramolecular Hbond substituents is 1. The molecule has 0 aliphatic heterocycles. The molecule has 0 heterocycles. The van der Waals surface area contributed by atoms with Crippen LogP contribution in [0.25, 0.3) is 0 Å². The third-order valence-electron chi connectivity index (χ3n) is 2.75. The van der Waals surface area contributed by atoms with E-state index in [-0.39, 0.29) is 26.6 Å². The number of thiocarbonyl (C=S) groups is 1. The summed E-state index contributed by atoms with van der Waals surface area (Å²) in [6.07, 6.45) is -4.40. The van der Waals surface area contributed by atoms with Crippen LogP contribution < -0.4 is 10.6 Å². The molecule has 0 radical (unpaired) electrons. The Morgan fingerprint density at radius 1 is 1.04 bits per heavy atom. The first-order valence-corrected chi connectivity index (χ1v) is 7.26. The number of rotatable bonds is 2. The Kier molecular flexibility index (Phi) is 5.23. The Balaban J connectivity index is 2.08. The van der Waals surface area contributed by atoms with Gasteiger partial charge in [-0.3, -0.25) is 0 Å². The van der Waals surface area contributed by atoms with Gasteiger partial charge in [0.15, 0.2) is 10.9 Å². The fraction of sp³-hybridized carbons (Fsp3) is 0.0714. The van der Waals surface area contributed by atoms with Crippen molar-refractivity contribution >= 4 is 51.9 Å². The average Bonchev–Trinajstić information content (AvgIpc) is 2.43. The number of hydrogen-bond donors (Lipinski definition) is 3. The molecule has 2 rings (SSSR count). The van der Waals surface area contributed by atoms with Crippen LogP contribution >= 0.6 is 35.4 Å². The fourth-order valence-electron chi connectivity index (χ4n) is 1.69. The van der Waals surface area contributed by atoms with Crippen LogP contribution in [0, 0.1) is 0 Å². The highest BCUT2D eigenvalue weighted by Crippen LogP contribution is 2.35. The topological polar surface area (TPSA) is 44.3 Å². The number of anilines is 2. The predicted octanol–water partition coefficient (Wildman–Crippen LogP) is 5.53. The van der Waals surface area contributed by atoms with Gasteiger partial charge in [-0.05, 0) is 48.6 Å². The van der Waals surface area contributed by atoms with E-state index in [1.165, 1.54) is 24.3 Å². The van der Waals surface area contributed by atoms with E-state index in [9.17, 15) is 18.3 Å². The van der Waals surface area contributed by atoms with Crippen molar-refractivity contribution in [2.45, 2.75) is 6.18 Å². The summed E-state index contributed by atoms with van der Waals surface area (Å²) in [5.74, 6) is -0.243. The van der Waals surface area contributed by atoms with Crippen LogP contribution in [-0.4, -0.2) is 10.2 Å². The van der Waals surface area contributed by atoms with Gasteiger partial charge in [0.25, 0.3) is 0 Å². The molecule has 0 amide bonds. The smallest absolute Gasteiger partial charge is 0.416 e. The van der Waals surface area contributed by atoms with Crippen LogP contribution in [0.3, 0.4) is 0 Å². The Bertz CT molecular complexity index is 736.